The van der Waals surface area contributed by atoms with Gasteiger partial charge in [-0.1, -0.05) is 0 Å². The molecule has 0 fully saturated rings. The molecule has 0 aromatic heterocycles. The standard InChI is InChI=1S/C12H21NO2/c1-5-7-8-9-13(11(3)4)10-12(14)15-6-2/h1,11H,6-10H2,2-4H3. The molecule has 0 spiro atoms. The summed E-state index contributed by atoms with van der Waals surface area (Å²) in [5.74, 6) is 2.44. The first-order chi connectivity index (χ1) is 7.11. The van der Waals surface area contributed by atoms with Crippen molar-refractivity contribution in [3.8, 4) is 12.3 Å². The summed E-state index contributed by atoms with van der Waals surface area (Å²) in [6.45, 7) is 7.59. The maximum Gasteiger partial charge on any atom is 0.320 e. The van der Waals surface area contributed by atoms with Crippen molar-refractivity contribution in [1.29, 1.82) is 0 Å². The number of carbonyl (C=O) groups excluding carboxylic acids is 1. The second-order valence-corrected chi connectivity index (χ2v) is 3.68. The average molecular weight is 211 g/mol. The predicted octanol–water partition coefficient (Wildman–Crippen LogP) is 1.67. The van der Waals surface area contributed by atoms with Crippen molar-refractivity contribution in [2.75, 3.05) is 19.7 Å². The van der Waals surface area contributed by atoms with Crippen LogP contribution in [0, 0.1) is 12.3 Å². The van der Waals surface area contributed by atoms with Gasteiger partial charge in [-0.25, -0.2) is 0 Å². The van der Waals surface area contributed by atoms with Crippen molar-refractivity contribution >= 4 is 5.97 Å². The zero-order valence-corrected chi connectivity index (χ0v) is 9.95. The fraction of sp³-hybridized carbons (Fsp3) is 0.750. The smallest absolute Gasteiger partial charge is 0.320 e. The van der Waals surface area contributed by atoms with Gasteiger partial charge in [0, 0.05) is 12.5 Å². The second kappa shape index (κ2) is 8.31. The minimum atomic E-state index is -0.160. The normalized spacial score (nSPS) is 10.4. The number of hydrogen-bond donors (Lipinski definition) is 0. The maximum atomic E-state index is 11.3. The van der Waals surface area contributed by atoms with Crippen LogP contribution in [0.3, 0.4) is 0 Å². The molecule has 0 unspecified atom stereocenters. The molecule has 0 bridgehead atoms. The second-order valence-electron chi connectivity index (χ2n) is 3.68. The molecule has 0 aliphatic carbocycles. The third kappa shape index (κ3) is 6.98. The summed E-state index contributed by atoms with van der Waals surface area (Å²) >= 11 is 0. The SMILES string of the molecule is C#CCCCN(CC(=O)OCC)C(C)C. The minimum Gasteiger partial charge on any atom is -0.465 e. The first kappa shape index (κ1) is 14.0. The van der Waals surface area contributed by atoms with Gasteiger partial charge in [0.15, 0.2) is 0 Å². The number of ether oxygens (including phenoxy) is 1. The third-order valence-corrected chi connectivity index (χ3v) is 2.13. The fourth-order valence-corrected chi connectivity index (χ4v) is 1.28. The van der Waals surface area contributed by atoms with E-state index < -0.39 is 0 Å². The van der Waals surface area contributed by atoms with E-state index in [1.54, 1.807) is 0 Å². The quantitative estimate of drug-likeness (QED) is 0.364. The van der Waals surface area contributed by atoms with Crippen LogP contribution >= 0.6 is 0 Å². The number of hydrogen-bond acceptors (Lipinski definition) is 3. The summed E-state index contributed by atoms with van der Waals surface area (Å²) in [5.41, 5.74) is 0. The first-order valence-electron chi connectivity index (χ1n) is 5.45. The van der Waals surface area contributed by atoms with Gasteiger partial charge in [-0.05, 0) is 33.7 Å². The summed E-state index contributed by atoms with van der Waals surface area (Å²) in [6.07, 6.45) is 6.86. The van der Waals surface area contributed by atoms with E-state index in [1.807, 2.05) is 6.92 Å². The van der Waals surface area contributed by atoms with E-state index in [4.69, 9.17) is 11.2 Å². The van der Waals surface area contributed by atoms with Gasteiger partial charge in [-0.2, -0.15) is 0 Å². The Hall–Kier alpha value is -1.01. The number of terminal acetylenes is 1. The van der Waals surface area contributed by atoms with Crippen molar-refractivity contribution in [1.82, 2.24) is 4.90 Å². The molecule has 0 N–H and O–H groups in total. The van der Waals surface area contributed by atoms with Crippen LogP contribution in [-0.4, -0.2) is 36.6 Å². The molecule has 0 aliphatic rings. The fourth-order valence-electron chi connectivity index (χ4n) is 1.28. The average Bonchev–Trinajstić information content (AvgIpc) is 2.16. The molecule has 0 aromatic rings. The van der Waals surface area contributed by atoms with Gasteiger partial charge >= 0.3 is 5.97 Å². The lowest BCUT2D eigenvalue weighted by molar-refractivity contribution is -0.144. The molecular weight excluding hydrogens is 190 g/mol. The van der Waals surface area contributed by atoms with Gasteiger partial charge in [-0.15, -0.1) is 12.3 Å². The number of esters is 1. The van der Waals surface area contributed by atoms with E-state index in [9.17, 15) is 4.79 Å². The summed E-state index contributed by atoms with van der Waals surface area (Å²) in [5, 5.41) is 0. The van der Waals surface area contributed by atoms with Crippen LogP contribution in [0.5, 0.6) is 0 Å². The van der Waals surface area contributed by atoms with Crippen LogP contribution in [0.1, 0.15) is 33.6 Å². The Balaban J connectivity index is 3.94. The topological polar surface area (TPSA) is 29.5 Å². The van der Waals surface area contributed by atoms with Crippen LogP contribution in [0.4, 0.5) is 0 Å². The molecule has 0 atom stereocenters. The monoisotopic (exact) mass is 211 g/mol. The van der Waals surface area contributed by atoms with E-state index >= 15 is 0 Å². The molecule has 0 saturated carbocycles. The molecule has 0 rings (SSSR count). The Labute approximate surface area is 92.8 Å². The highest BCUT2D eigenvalue weighted by molar-refractivity contribution is 5.71. The van der Waals surface area contributed by atoms with Crippen molar-refractivity contribution in [3.63, 3.8) is 0 Å². The van der Waals surface area contributed by atoms with Crippen LogP contribution in [-0.2, 0) is 9.53 Å². The van der Waals surface area contributed by atoms with Crippen LogP contribution in [0.25, 0.3) is 0 Å². The van der Waals surface area contributed by atoms with E-state index in [1.165, 1.54) is 0 Å². The molecule has 0 heterocycles. The number of carbonyl (C=O) groups is 1. The highest BCUT2D eigenvalue weighted by Crippen LogP contribution is 2.01. The zero-order valence-electron chi connectivity index (χ0n) is 9.95. The Morgan fingerprint density at radius 1 is 1.53 bits per heavy atom. The highest BCUT2D eigenvalue weighted by atomic mass is 16.5. The van der Waals surface area contributed by atoms with Gasteiger partial charge < -0.3 is 4.74 Å². The molecular formula is C12H21NO2. The van der Waals surface area contributed by atoms with Gasteiger partial charge in [0.25, 0.3) is 0 Å². The molecule has 86 valence electrons. The van der Waals surface area contributed by atoms with E-state index in [0.717, 1.165) is 19.4 Å². The predicted molar refractivity (Wildman–Crippen MR) is 61.4 cm³/mol. The minimum absolute atomic E-state index is 0.160. The largest absolute Gasteiger partial charge is 0.465 e. The van der Waals surface area contributed by atoms with Crippen molar-refractivity contribution < 1.29 is 9.53 Å². The number of nitrogens with zero attached hydrogens (tertiary/aromatic N) is 1. The Morgan fingerprint density at radius 2 is 2.20 bits per heavy atom. The highest BCUT2D eigenvalue weighted by Gasteiger charge is 2.13. The summed E-state index contributed by atoms with van der Waals surface area (Å²) < 4.78 is 4.91. The summed E-state index contributed by atoms with van der Waals surface area (Å²) in [4.78, 5) is 13.4. The van der Waals surface area contributed by atoms with Gasteiger partial charge in [0.2, 0.25) is 0 Å². The van der Waals surface area contributed by atoms with Crippen LogP contribution in [0.2, 0.25) is 0 Å². The molecule has 15 heavy (non-hydrogen) atoms. The molecule has 0 radical (unpaired) electrons. The lowest BCUT2D eigenvalue weighted by atomic mass is 10.2. The van der Waals surface area contributed by atoms with E-state index in [-0.39, 0.29) is 5.97 Å². The molecule has 0 saturated heterocycles. The van der Waals surface area contributed by atoms with Gasteiger partial charge in [0.05, 0.1) is 13.2 Å². The van der Waals surface area contributed by atoms with Crippen molar-refractivity contribution in [2.24, 2.45) is 0 Å². The Bertz CT molecular complexity index is 218. The van der Waals surface area contributed by atoms with Crippen molar-refractivity contribution in [2.45, 2.75) is 39.7 Å². The number of unbranched alkanes of at least 4 members (excludes halogenated alkanes) is 1. The van der Waals surface area contributed by atoms with E-state index in [2.05, 4.69) is 24.7 Å². The molecule has 0 amide bonds. The zero-order chi connectivity index (χ0) is 11.7. The van der Waals surface area contributed by atoms with Gasteiger partial charge in [0.1, 0.15) is 0 Å². The first-order valence-corrected chi connectivity index (χ1v) is 5.45. The van der Waals surface area contributed by atoms with Crippen molar-refractivity contribution in [3.05, 3.63) is 0 Å². The summed E-state index contributed by atoms with van der Waals surface area (Å²) in [7, 11) is 0. The van der Waals surface area contributed by atoms with Crippen LogP contribution in [0.15, 0.2) is 0 Å². The molecule has 0 aliphatic heterocycles. The molecule has 3 heteroatoms. The van der Waals surface area contributed by atoms with Crippen LogP contribution < -0.4 is 0 Å². The lowest BCUT2D eigenvalue weighted by Crippen LogP contribution is -2.37. The van der Waals surface area contributed by atoms with E-state index in [0.29, 0.717) is 19.2 Å². The third-order valence-electron chi connectivity index (χ3n) is 2.13. The number of rotatable bonds is 7. The molecule has 0 aromatic carbocycles. The molecule has 3 nitrogen and oxygen atoms in total. The maximum absolute atomic E-state index is 11.3. The van der Waals surface area contributed by atoms with Gasteiger partial charge in [-0.3, -0.25) is 9.69 Å². The Kier molecular flexibility index (Phi) is 7.75. The lowest BCUT2D eigenvalue weighted by Gasteiger charge is -2.24. The Morgan fingerprint density at radius 3 is 2.67 bits per heavy atom. The summed E-state index contributed by atoms with van der Waals surface area (Å²) in [6, 6.07) is 0.340.